The molecule has 17 heavy (non-hydrogen) atoms. The van der Waals surface area contributed by atoms with Gasteiger partial charge in [0.2, 0.25) is 5.91 Å². The minimum absolute atomic E-state index is 0.330. The fourth-order valence-electron chi connectivity index (χ4n) is 2.30. The number of benzene rings is 1. The van der Waals surface area contributed by atoms with Crippen LogP contribution >= 0.6 is 0 Å². The second-order valence-corrected chi connectivity index (χ2v) is 4.69. The van der Waals surface area contributed by atoms with Crippen molar-refractivity contribution >= 4 is 11.6 Å². The van der Waals surface area contributed by atoms with Gasteiger partial charge in [-0.15, -0.1) is 0 Å². The van der Waals surface area contributed by atoms with Gasteiger partial charge in [-0.1, -0.05) is 0 Å². The lowest BCUT2D eigenvalue weighted by Crippen LogP contribution is -2.40. The number of hydrogen-bond acceptors (Lipinski definition) is 3. The van der Waals surface area contributed by atoms with E-state index < -0.39 is 0 Å². The Bertz CT molecular complexity index is 423. The first-order chi connectivity index (χ1) is 8.08. The van der Waals surface area contributed by atoms with Crippen LogP contribution in [0.3, 0.4) is 0 Å². The maximum Gasteiger partial charge on any atom is 0.248 e. The highest BCUT2D eigenvalue weighted by molar-refractivity contribution is 5.93. The number of carbonyl (C=O) groups is 1. The molecule has 4 nitrogen and oxygen atoms in total. The zero-order valence-corrected chi connectivity index (χ0v) is 10.1. The minimum atomic E-state index is -0.375. The molecular formula is C13H19N3O. The Morgan fingerprint density at radius 3 is 2.53 bits per heavy atom. The van der Waals surface area contributed by atoms with Gasteiger partial charge in [-0.25, -0.2) is 0 Å². The van der Waals surface area contributed by atoms with E-state index >= 15 is 0 Å². The number of hydrogen-bond donors (Lipinski definition) is 2. The molecule has 1 heterocycles. The van der Waals surface area contributed by atoms with Crippen LogP contribution in [0.4, 0.5) is 5.69 Å². The molecule has 0 atom stereocenters. The molecule has 0 unspecified atom stereocenters. The zero-order valence-electron chi connectivity index (χ0n) is 10.1. The summed E-state index contributed by atoms with van der Waals surface area (Å²) in [4.78, 5) is 13.4. The van der Waals surface area contributed by atoms with E-state index in [-0.39, 0.29) is 5.91 Å². The van der Waals surface area contributed by atoms with Crippen molar-refractivity contribution in [1.29, 1.82) is 0 Å². The van der Waals surface area contributed by atoms with Crippen molar-refractivity contribution in [3.05, 3.63) is 29.3 Å². The maximum atomic E-state index is 11.1. The average Bonchev–Trinajstić information content (AvgIpc) is 2.30. The quantitative estimate of drug-likeness (QED) is 0.801. The van der Waals surface area contributed by atoms with Gasteiger partial charge in [-0.2, -0.15) is 0 Å². The standard InChI is InChI=1S/C13H19N3O/c1-9-8-10(13(15)17)2-3-12(9)16-6-4-11(14)5-7-16/h2-3,8,11H,4-7,14H2,1H3,(H2,15,17). The molecule has 1 aliphatic heterocycles. The lowest BCUT2D eigenvalue weighted by Gasteiger charge is -2.33. The summed E-state index contributed by atoms with van der Waals surface area (Å²) >= 11 is 0. The third kappa shape index (κ3) is 2.58. The Labute approximate surface area is 102 Å². The monoisotopic (exact) mass is 233 g/mol. The number of piperidine rings is 1. The molecule has 1 fully saturated rings. The molecule has 0 radical (unpaired) electrons. The van der Waals surface area contributed by atoms with Crippen LogP contribution in [0.2, 0.25) is 0 Å². The largest absolute Gasteiger partial charge is 0.371 e. The first kappa shape index (κ1) is 11.9. The topological polar surface area (TPSA) is 72.4 Å². The van der Waals surface area contributed by atoms with Gasteiger partial charge in [-0.05, 0) is 43.5 Å². The molecule has 1 aliphatic rings. The SMILES string of the molecule is Cc1cc(C(N)=O)ccc1N1CCC(N)CC1. The third-order valence-corrected chi connectivity index (χ3v) is 3.36. The van der Waals surface area contributed by atoms with E-state index in [0.717, 1.165) is 31.5 Å². The van der Waals surface area contributed by atoms with E-state index in [4.69, 9.17) is 11.5 Å². The summed E-state index contributed by atoms with van der Waals surface area (Å²) in [5, 5.41) is 0. The summed E-state index contributed by atoms with van der Waals surface area (Å²) in [6.45, 7) is 3.98. The Kier molecular flexibility index (Phi) is 3.33. The minimum Gasteiger partial charge on any atom is -0.371 e. The highest BCUT2D eigenvalue weighted by Gasteiger charge is 2.17. The fraction of sp³-hybridized carbons (Fsp3) is 0.462. The van der Waals surface area contributed by atoms with Crippen LogP contribution in [-0.4, -0.2) is 25.0 Å². The zero-order chi connectivity index (χ0) is 12.4. The molecule has 1 amide bonds. The van der Waals surface area contributed by atoms with E-state index in [1.165, 1.54) is 5.69 Å². The predicted molar refractivity (Wildman–Crippen MR) is 69.1 cm³/mol. The van der Waals surface area contributed by atoms with Crippen molar-refractivity contribution < 1.29 is 4.79 Å². The van der Waals surface area contributed by atoms with Gasteiger partial charge < -0.3 is 16.4 Å². The van der Waals surface area contributed by atoms with Crippen molar-refractivity contribution in [3.63, 3.8) is 0 Å². The number of nitrogens with zero attached hydrogens (tertiary/aromatic N) is 1. The van der Waals surface area contributed by atoms with Crippen molar-refractivity contribution in [1.82, 2.24) is 0 Å². The first-order valence-corrected chi connectivity index (χ1v) is 5.99. The Morgan fingerprint density at radius 1 is 1.35 bits per heavy atom. The number of carbonyl (C=O) groups excluding carboxylic acids is 1. The second-order valence-electron chi connectivity index (χ2n) is 4.69. The number of rotatable bonds is 2. The smallest absolute Gasteiger partial charge is 0.248 e. The van der Waals surface area contributed by atoms with Gasteiger partial charge >= 0.3 is 0 Å². The summed E-state index contributed by atoms with van der Waals surface area (Å²) in [5.41, 5.74) is 14.0. The van der Waals surface area contributed by atoms with Crippen molar-refractivity contribution in [2.45, 2.75) is 25.8 Å². The number of anilines is 1. The molecule has 1 saturated heterocycles. The third-order valence-electron chi connectivity index (χ3n) is 3.36. The van der Waals surface area contributed by atoms with Gasteiger partial charge in [-0.3, -0.25) is 4.79 Å². The predicted octanol–water partition coefficient (Wildman–Crippen LogP) is 1.02. The Hall–Kier alpha value is -1.55. The normalized spacial score (nSPS) is 17.2. The molecule has 4 N–H and O–H groups in total. The van der Waals surface area contributed by atoms with Crippen LogP contribution in [0.15, 0.2) is 18.2 Å². The first-order valence-electron chi connectivity index (χ1n) is 5.99. The molecule has 1 aromatic rings. The number of primary amides is 1. The number of amides is 1. The summed E-state index contributed by atoms with van der Waals surface area (Å²) in [7, 11) is 0. The molecule has 0 aromatic heterocycles. The molecule has 1 aromatic carbocycles. The van der Waals surface area contributed by atoms with E-state index in [1.54, 1.807) is 6.07 Å². The summed E-state index contributed by atoms with van der Waals surface area (Å²) in [6.07, 6.45) is 2.05. The highest BCUT2D eigenvalue weighted by Crippen LogP contribution is 2.24. The van der Waals surface area contributed by atoms with Crippen LogP contribution in [0.1, 0.15) is 28.8 Å². The van der Waals surface area contributed by atoms with Crippen molar-refractivity contribution in [2.75, 3.05) is 18.0 Å². The molecule has 0 saturated carbocycles. The highest BCUT2D eigenvalue weighted by atomic mass is 16.1. The molecule has 92 valence electrons. The van der Waals surface area contributed by atoms with E-state index in [9.17, 15) is 4.79 Å². The number of aryl methyl sites for hydroxylation is 1. The van der Waals surface area contributed by atoms with Gasteiger partial charge in [0.25, 0.3) is 0 Å². The van der Waals surface area contributed by atoms with Gasteiger partial charge in [0.15, 0.2) is 0 Å². The van der Waals surface area contributed by atoms with Gasteiger partial charge in [0, 0.05) is 30.4 Å². The van der Waals surface area contributed by atoms with E-state index in [0.29, 0.717) is 11.6 Å². The average molecular weight is 233 g/mol. The lowest BCUT2D eigenvalue weighted by atomic mass is 10.0. The van der Waals surface area contributed by atoms with Gasteiger partial charge in [0.05, 0.1) is 0 Å². The van der Waals surface area contributed by atoms with Crippen LogP contribution in [-0.2, 0) is 0 Å². The maximum absolute atomic E-state index is 11.1. The second kappa shape index (κ2) is 4.75. The van der Waals surface area contributed by atoms with Crippen LogP contribution in [0.25, 0.3) is 0 Å². The summed E-state index contributed by atoms with van der Waals surface area (Å²) < 4.78 is 0. The van der Waals surface area contributed by atoms with E-state index in [2.05, 4.69) is 4.90 Å². The summed E-state index contributed by atoms with van der Waals surface area (Å²) in [5.74, 6) is -0.375. The van der Waals surface area contributed by atoms with Gasteiger partial charge in [0.1, 0.15) is 0 Å². The van der Waals surface area contributed by atoms with Crippen molar-refractivity contribution in [3.8, 4) is 0 Å². The van der Waals surface area contributed by atoms with E-state index in [1.807, 2.05) is 19.1 Å². The molecular weight excluding hydrogens is 214 g/mol. The Morgan fingerprint density at radius 2 is 2.00 bits per heavy atom. The molecule has 0 bridgehead atoms. The van der Waals surface area contributed by atoms with Crippen LogP contribution < -0.4 is 16.4 Å². The fourth-order valence-corrected chi connectivity index (χ4v) is 2.30. The molecule has 2 rings (SSSR count). The van der Waals surface area contributed by atoms with Crippen LogP contribution in [0.5, 0.6) is 0 Å². The molecule has 0 spiro atoms. The lowest BCUT2D eigenvalue weighted by molar-refractivity contribution is 0.1000. The molecule has 0 aliphatic carbocycles. The molecule has 4 heteroatoms. The van der Waals surface area contributed by atoms with Crippen LogP contribution in [0, 0.1) is 6.92 Å². The van der Waals surface area contributed by atoms with Crippen molar-refractivity contribution in [2.24, 2.45) is 11.5 Å². The summed E-state index contributed by atoms with van der Waals surface area (Å²) in [6, 6.07) is 5.95. The number of nitrogens with two attached hydrogens (primary N) is 2. The Balaban J connectivity index is 2.19.